The number of amidine groups is 1. The first kappa shape index (κ1) is 36.1. The highest BCUT2D eigenvalue weighted by atomic mass is 35.5. The summed E-state index contributed by atoms with van der Waals surface area (Å²) in [6.45, 7) is -1.08. The molecular formula is C26H33Cl2N9O6. The zero-order valence-corrected chi connectivity index (χ0v) is 24.5. The highest BCUT2D eigenvalue weighted by Gasteiger charge is 2.38. The molecule has 0 saturated carbocycles. The van der Waals surface area contributed by atoms with Crippen molar-refractivity contribution in [2.24, 2.45) is 22.2 Å². The molecule has 1 heterocycles. The van der Waals surface area contributed by atoms with Crippen molar-refractivity contribution in [3.8, 4) is 0 Å². The van der Waals surface area contributed by atoms with Gasteiger partial charge in [0, 0.05) is 36.3 Å². The number of aliphatic carboxylic acids is 1. The summed E-state index contributed by atoms with van der Waals surface area (Å²) in [6, 6.07) is 11.1. The number of carbonyl (C=O) groups excluding carboxylic acids is 4. The first-order valence-corrected chi connectivity index (χ1v) is 12.4. The molecular weight excluding hydrogens is 605 g/mol. The monoisotopic (exact) mass is 637 g/mol. The molecule has 0 spiro atoms. The number of hydrogen-bond donors (Lipinski definition) is 7. The minimum absolute atomic E-state index is 0. The van der Waals surface area contributed by atoms with E-state index in [1.165, 1.54) is 29.2 Å². The predicted molar refractivity (Wildman–Crippen MR) is 162 cm³/mol. The van der Waals surface area contributed by atoms with E-state index in [0.717, 1.165) is 10.5 Å². The third kappa shape index (κ3) is 10.2. The van der Waals surface area contributed by atoms with Gasteiger partial charge >= 0.3 is 5.97 Å². The lowest BCUT2D eigenvalue weighted by atomic mass is 10.1. The van der Waals surface area contributed by atoms with Crippen LogP contribution in [0.3, 0.4) is 0 Å². The first-order chi connectivity index (χ1) is 19.5. The molecule has 2 aromatic rings. The van der Waals surface area contributed by atoms with Crippen molar-refractivity contribution < 1.29 is 29.1 Å². The number of halogens is 2. The Labute approximate surface area is 259 Å². The van der Waals surface area contributed by atoms with Gasteiger partial charge in [-0.25, -0.2) is 4.99 Å². The van der Waals surface area contributed by atoms with Crippen LogP contribution in [0.1, 0.15) is 31.8 Å². The van der Waals surface area contributed by atoms with Gasteiger partial charge in [-0.05, 0) is 29.8 Å². The highest BCUT2D eigenvalue weighted by Crippen LogP contribution is 2.13. The van der Waals surface area contributed by atoms with Crippen molar-refractivity contribution in [3.05, 3.63) is 70.8 Å². The van der Waals surface area contributed by atoms with E-state index in [0.29, 0.717) is 5.56 Å². The van der Waals surface area contributed by atoms with Crippen LogP contribution in [0, 0.1) is 5.41 Å². The van der Waals surface area contributed by atoms with Crippen LogP contribution in [0.25, 0.3) is 0 Å². The number of carboxylic acid groups (broad SMARTS) is 1. The molecule has 15 nitrogen and oxygen atoms in total. The molecule has 1 atom stereocenters. The number of benzene rings is 2. The van der Waals surface area contributed by atoms with Gasteiger partial charge in [0.05, 0.1) is 13.1 Å². The van der Waals surface area contributed by atoms with Gasteiger partial charge in [-0.3, -0.25) is 29.4 Å². The zero-order chi connectivity index (χ0) is 30.1. The number of aliphatic imine (C=N–C) groups is 1. The number of nitrogens with one attached hydrogen (secondary N) is 3. The number of nitrogens with zero attached hydrogens (tertiary/aromatic N) is 3. The van der Waals surface area contributed by atoms with Crippen LogP contribution in [0.4, 0.5) is 0 Å². The molecule has 1 aliphatic rings. The summed E-state index contributed by atoms with van der Waals surface area (Å²) >= 11 is 0. The van der Waals surface area contributed by atoms with E-state index in [4.69, 9.17) is 22.6 Å². The Morgan fingerprint density at radius 2 is 1.42 bits per heavy atom. The molecule has 17 heteroatoms. The summed E-state index contributed by atoms with van der Waals surface area (Å²) in [4.78, 5) is 68.9. The standard InChI is InChI=1S/C26H31N9O6.2ClH/c27-22(28)16-5-7-18(8-6-16)24(40)32-13-20(36)35-10-9-34(14-21(37)38)25(41)19(35)12-31-23(39)17-3-1-15(2-4-17)11-33-26(29)30;;/h1-8,19H,9-14H2,(H3,27,28)(H,31,39)(H,32,40)(H,37,38)(H4,29,30,33);2*1H/t19-;;/m0../s1. The van der Waals surface area contributed by atoms with Gasteiger partial charge in [0.2, 0.25) is 11.8 Å². The van der Waals surface area contributed by atoms with E-state index < -0.39 is 48.7 Å². The topological polar surface area (TPSA) is 250 Å². The van der Waals surface area contributed by atoms with Gasteiger partial charge in [0.25, 0.3) is 11.8 Å². The van der Waals surface area contributed by atoms with Crippen LogP contribution >= 0.6 is 24.8 Å². The molecule has 232 valence electrons. The maximum Gasteiger partial charge on any atom is 0.323 e. The molecule has 10 N–H and O–H groups in total. The van der Waals surface area contributed by atoms with E-state index in [-0.39, 0.29) is 73.9 Å². The Bertz CT molecular complexity index is 1370. The quantitative estimate of drug-likeness (QED) is 0.116. The number of carboxylic acids is 1. The van der Waals surface area contributed by atoms with Crippen molar-refractivity contribution in [1.82, 2.24) is 20.4 Å². The third-order valence-corrected chi connectivity index (χ3v) is 6.20. The van der Waals surface area contributed by atoms with Crippen LogP contribution in [0.2, 0.25) is 0 Å². The maximum atomic E-state index is 13.1. The van der Waals surface area contributed by atoms with E-state index in [1.54, 1.807) is 24.3 Å². The van der Waals surface area contributed by atoms with E-state index in [1.807, 2.05) is 0 Å². The minimum atomic E-state index is -1.22. The lowest BCUT2D eigenvalue weighted by Gasteiger charge is -2.40. The van der Waals surface area contributed by atoms with Crippen LogP contribution < -0.4 is 27.8 Å². The van der Waals surface area contributed by atoms with Crippen molar-refractivity contribution in [2.75, 3.05) is 32.7 Å². The van der Waals surface area contributed by atoms with Crippen LogP contribution in [0.5, 0.6) is 0 Å². The molecule has 3 rings (SSSR count). The highest BCUT2D eigenvalue weighted by molar-refractivity contribution is 6.00. The minimum Gasteiger partial charge on any atom is -0.480 e. The van der Waals surface area contributed by atoms with Crippen molar-refractivity contribution >= 4 is 66.2 Å². The average Bonchev–Trinajstić information content (AvgIpc) is 2.94. The van der Waals surface area contributed by atoms with E-state index >= 15 is 0 Å². The predicted octanol–water partition coefficient (Wildman–Crippen LogP) is -1.13. The Morgan fingerprint density at radius 3 is 1.95 bits per heavy atom. The van der Waals surface area contributed by atoms with E-state index in [9.17, 15) is 29.1 Å². The number of guanidine groups is 1. The molecule has 2 aromatic carbocycles. The first-order valence-electron chi connectivity index (χ1n) is 12.4. The number of nitrogen functional groups attached to an aromatic ring is 1. The van der Waals surface area contributed by atoms with Gasteiger partial charge in [0.15, 0.2) is 5.96 Å². The molecule has 4 amide bonds. The second kappa shape index (κ2) is 16.5. The van der Waals surface area contributed by atoms with Crippen molar-refractivity contribution in [2.45, 2.75) is 12.6 Å². The van der Waals surface area contributed by atoms with Crippen LogP contribution in [-0.4, -0.2) is 95.1 Å². The average molecular weight is 639 g/mol. The third-order valence-electron chi connectivity index (χ3n) is 6.20. The Morgan fingerprint density at radius 1 is 0.884 bits per heavy atom. The fraction of sp³-hybridized carbons (Fsp3) is 0.269. The van der Waals surface area contributed by atoms with Gasteiger partial charge in [-0.1, -0.05) is 24.3 Å². The SMILES string of the molecule is Cl.Cl.N=C(N)c1ccc(C(=O)NCC(=O)N2CCN(CC(=O)O)C(=O)[C@@H]2CNC(=O)c2ccc(CN=C(N)N)cc2)cc1. The lowest BCUT2D eigenvalue weighted by molar-refractivity contribution is -0.154. The molecule has 0 unspecified atom stereocenters. The summed E-state index contributed by atoms with van der Waals surface area (Å²) in [5.74, 6) is -3.75. The Balaban J connectivity index is 0.00000462. The van der Waals surface area contributed by atoms with Gasteiger partial charge in [-0.15, -0.1) is 24.8 Å². The van der Waals surface area contributed by atoms with Gasteiger partial charge in [0.1, 0.15) is 18.4 Å². The number of rotatable bonds is 11. The number of piperazine rings is 1. The van der Waals surface area contributed by atoms with Crippen LogP contribution in [-0.2, 0) is 20.9 Å². The summed E-state index contributed by atoms with van der Waals surface area (Å²) in [5, 5.41) is 21.7. The Kier molecular flexibility index (Phi) is 13.9. The van der Waals surface area contributed by atoms with Crippen molar-refractivity contribution in [3.63, 3.8) is 0 Å². The smallest absolute Gasteiger partial charge is 0.323 e. The largest absolute Gasteiger partial charge is 0.480 e. The fourth-order valence-electron chi connectivity index (χ4n) is 4.05. The number of hydrogen-bond acceptors (Lipinski definition) is 7. The molecule has 1 fully saturated rings. The molecule has 0 bridgehead atoms. The number of carbonyl (C=O) groups is 5. The number of nitrogens with two attached hydrogens (primary N) is 3. The second-order valence-electron chi connectivity index (χ2n) is 9.08. The summed E-state index contributed by atoms with van der Waals surface area (Å²) < 4.78 is 0. The van der Waals surface area contributed by atoms with Crippen LogP contribution in [0.15, 0.2) is 53.5 Å². The summed E-state index contributed by atoms with van der Waals surface area (Å²) in [5.41, 5.74) is 17.8. The molecule has 0 radical (unpaired) electrons. The second-order valence-corrected chi connectivity index (χ2v) is 9.08. The summed E-state index contributed by atoms with van der Waals surface area (Å²) in [6.07, 6.45) is 0. The molecule has 1 saturated heterocycles. The van der Waals surface area contributed by atoms with E-state index in [2.05, 4.69) is 15.6 Å². The lowest BCUT2D eigenvalue weighted by Crippen LogP contribution is -2.63. The van der Waals surface area contributed by atoms with Crippen molar-refractivity contribution in [1.29, 1.82) is 5.41 Å². The normalized spacial score (nSPS) is 14.0. The van der Waals surface area contributed by atoms with Gasteiger partial charge in [-0.2, -0.15) is 0 Å². The molecule has 1 aliphatic heterocycles. The Hall–Kier alpha value is -4.89. The maximum absolute atomic E-state index is 13.1. The summed E-state index contributed by atoms with van der Waals surface area (Å²) in [7, 11) is 0. The zero-order valence-electron chi connectivity index (χ0n) is 22.8. The molecule has 0 aromatic heterocycles. The molecule has 43 heavy (non-hydrogen) atoms. The fourth-order valence-corrected chi connectivity index (χ4v) is 4.05. The number of amides is 4. The van der Waals surface area contributed by atoms with Gasteiger partial charge < -0.3 is 42.7 Å². The molecule has 0 aliphatic carbocycles.